The minimum atomic E-state index is -0.122. The number of fused-ring (bicyclic) bond motifs is 1. The number of nitrogens with one attached hydrogen (secondary N) is 1. The van der Waals surface area contributed by atoms with Gasteiger partial charge in [0.05, 0.1) is 16.6 Å². The molecule has 4 nitrogen and oxygen atoms in total. The first-order valence-corrected chi connectivity index (χ1v) is 7.72. The van der Waals surface area contributed by atoms with E-state index in [1.807, 2.05) is 78.9 Å². The Bertz CT molecular complexity index is 1040. The maximum Gasteiger partial charge on any atom is 0.280 e. The van der Waals surface area contributed by atoms with Gasteiger partial charge >= 0.3 is 0 Å². The van der Waals surface area contributed by atoms with Crippen molar-refractivity contribution in [3.63, 3.8) is 0 Å². The van der Waals surface area contributed by atoms with Crippen LogP contribution in [-0.2, 0) is 0 Å². The van der Waals surface area contributed by atoms with E-state index in [1.165, 1.54) is 4.68 Å². The summed E-state index contributed by atoms with van der Waals surface area (Å²) in [4.78, 5) is 17.7. The molecule has 1 N–H and O–H groups in total. The number of para-hydroxylation sites is 2. The number of aromatic nitrogens is 2. The van der Waals surface area contributed by atoms with E-state index in [2.05, 4.69) is 5.43 Å². The molecule has 1 aromatic heterocycles. The number of anilines is 1. The summed E-state index contributed by atoms with van der Waals surface area (Å²) in [6.45, 7) is 0. The summed E-state index contributed by atoms with van der Waals surface area (Å²) in [5, 5.41) is 0.584. The zero-order valence-corrected chi connectivity index (χ0v) is 12.9. The van der Waals surface area contributed by atoms with E-state index in [1.54, 1.807) is 6.07 Å². The summed E-state index contributed by atoms with van der Waals surface area (Å²) >= 11 is 0. The highest BCUT2D eigenvalue weighted by Crippen LogP contribution is 2.19. The van der Waals surface area contributed by atoms with Gasteiger partial charge in [-0.2, -0.15) is 0 Å². The molecular weight excluding hydrogens is 298 g/mol. The average Bonchev–Trinajstić information content (AvgIpc) is 2.65. The molecule has 116 valence electrons. The highest BCUT2D eigenvalue weighted by atomic mass is 16.1. The summed E-state index contributed by atoms with van der Waals surface area (Å²) < 4.78 is 1.51. The van der Waals surface area contributed by atoms with Gasteiger partial charge < -0.3 is 0 Å². The van der Waals surface area contributed by atoms with Gasteiger partial charge in [0, 0.05) is 5.56 Å². The van der Waals surface area contributed by atoms with E-state index in [9.17, 15) is 4.79 Å². The first-order chi connectivity index (χ1) is 11.8. The Morgan fingerprint density at radius 1 is 0.750 bits per heavy atom. The van der Waals surface area contributed by atoms with E-state index in [0.717, 1.165) is 11.3 Å². The summed E-state index contributed by atoms with van der Waals surface area (Å²) in [7, 11) is 0. The van der Waals surface area contributed by atoms with Gasteiger partial charge in [-0.15, -0.1) is 0 Å². The lowest BCUT2D eigenvalue weighted by atomic mass is 10.2. The third-order valence-electron chi connectivity index (χ3n) is 3.82. The molecule has 0 aliphatic rings. The minimum Gasteiger partial charge on any atom is -0.290 e. The molecule has 0 aliphatic heterocycles. The molecule has 1 heterocycles. The maximum atomic E-state index is 13.0. The van der Waals surface area contributed by atoms with Gasteiger partial charge in [-0.3, -0.25) is 10.2 Å². The highest BCUT2D eigenvalue weighted by Gasteiger charge is 2.12. The Morgan fingerprint density at radius 3 is 2.12 bits per heavy atom. The number of hydrogen-bond acceptors (Lipinski definition) is 3. The Kier molecular flexibility index (Phi) is 3.56. The fraction of sp³-hybridized carbons (Fsp3) is 0. The molecule has 0 spiro atoms. The van der Waals surface area contributed by atoms with Crippen LogP contribution in [0.1, 0.15) is 0 Å². The monoisotopic (exact) mass is 313 g/mol. The van der Waals surface area contributed by atoms with E-state index in [4.69, 9.17) is 4.98 Å². The van der Waals surface area contributed by atoms with Gasteiger partial charge in [0.15, 0.2) is 5.82 Å². The van der Waals surface area contributed by atoms with E-state index in [0.29, 0.717) is 16.7 Å². The molecule has 4 aromatic rings. The van der Waals surface area contributed by atoms with Gasteiger partial charge in [0.2, 0.25) is 0 Å². The van der Waals surface area contributed by atoms with Crippen LogP contribution in [0.25, 0.3) is 22.3 Å². The molecule has 4 heteroatoms. The van der Waals surface area contributed by atoms with Crippen LogP contribution in [0.15, 0.2) is 89.7 Å². The first kappa shape index (κ1) is 14.2. The summed E-state index contributed by atoms with van der Waals surface area (Å²) in [6.07, 6.45) is 0. The van der Waals surface area contributed by atoms with Gasteiger partial charge in [0.1, 0.15) is 0 Å². The maximum absolute atomic E-state index is 13.0. The second-order valence-corrected chi connectivity index (χ2v) is 5.44. The van der Waals surface area contributed by atoms with Crippen molar-refractivity contribution in [3.05, 3.63) is 95.3 Å². The van der Waals surface area contributed by atoms with Crippen molar-refractivity contribution >= 4 is 16.6 Å². The Labute approximate surface area is 139 Å². The Morgan fingerprint density at radius 2 is 1.38 bits per heavy atom. The standard InChI is InChI=1S/C20H15N3O/c24-20-17-13-7-8-14-18(17)21-19(15-9-3-1-4-10-15)23(20)22-16-11-5-2-6-12-16/h1-14,22H. The predicted molar refractivity (Wildman–Crippen MR) is 96.9 cm³/mol. The molecule has 4 rings (SSSR count). The zero-order valence-electron chi connectivity index (χ0n) is 12.9. The molecule has 0 radical (unpaired) electrons. The van der Waals surface area contributed by atoms with Crippen molar-refractivity contribution in [3.8, 4) is 11.4 Å². The smallest absolute Gasteiger partial charge is 0.280 e. The molecule has 0 fully saturated rings. The minimum absolute atomic E-state index is 0.122. The van der Waals surface area contributed by atoms with E-state index in [-0.39, 0.29) is 5.56 Å². The number of hydrogen-bond donors (Lipinski definition) is 1. The van der Waals surface area contributed by atoms with Crippen LogP contribution < -0.4 is 11.0 Å². The summed E-state index contributed by atoms with van der Waals surface area (Å²) in [6, 6.07) is 26.7. The quantitative estimate of drug-likeness (QED) is 0.623. The van der Waals surface area contributed by atoms with Crippen LogP contribution in [0, 0.1) is 0 Å². The second kappa shape index (κ2) is 6.01. The number of benzene rings is 3. The van der Waals surface area contributed by atoms with Crippen molar-refractivity contribution in [2.75, 3.05) is 5.43 Å². The third kappa shape index (κ3) is 2.54. The normalized spacial score (nSPS) is 10.7. The van der Waals surface area contributed by atoms with Gasteiger partial charge in [0.25, 0.3) is 5.56 Å². The van der Waals surface area contributed by atoms with Crippen molar-refractivity contribution < 1.29 is 0 Å². The molecule has 0 saturated carbocycles. The van der Waals surface area contributed by atoms with Crippen molar-refractivity contribution in [1.82, 2.24) is 9.66 Å². The van der Waals surface area contributed by atoms with Crippen LogP contribution in [0.2, 0.25) is 0 Å². The fourth-order valence-electron chi connectivity index (χ4n) is 2.66. The average molecular weight is 313 g/mol. The number of rotatable bonds is 3. The van der Waals surface area contributed by atoms with Crippen LogP contribution in [0.5, 0.6) is 0 Å². The Hall–Kier alpha value is -3.40. The van der Waals surface area contributed by atoms with Crippen LogP contribution in [-0.4, -0.2) is 9.66 Å². The molecule has 0 aliphatic carbocycles. The van der Waals surface area contributed by atoms with Gasteiger partial charge in [-0.25, -0.2) is 9.66 Å². The van der Waals surface area contributed by atoms with Crippen molar-refractivity contribution in [1.29, 1.82) is 0 Å². The summed E-state index contributed by atoms with van der Waals surface area (Å²) in [5.41, 5.74) is 5.44. The lowest BCUT2D eigenvalue weighted by Crippen LogP contribution is -2.29. The molecule has 0 unspecified atom stereocenters. The molecular formula is C20H15N3O. The summed E-state index contributed by atoms with van der Waals surface area (Å²) in [5.74, 6) is 0.586. The second-order valence-electron chi connectivity index (χ2n) is 5.44. The largest absolute Gasteiger partial charge is 0.290 e. The SMILES string of the molecule is O=c1c2ccccc2nc(-c2ccccc2)n1Nc1ccccc1. The van der Waals surface area contributed by atoms with Crippen molar-refractivity contribution in [2.45, 2.75) is 0 Å². The fourth-order valence-corrected chi connectivity index (χ4v) is 2.66. The number of nitrogens with zero attached hydrogens (tertiary/aromatic N) is 2. The van der Waals surface area contributed by atoms with Crippen LogP contribution >= 0.6 is 0 Å². The molecule has 0 atom stereocenters. The molecule has 24 heavy (non-hydrogen) atoms. The molecule has 0 saturated heterocycles. The highest BCUT2D eigenvalue weighted by molar-refractivity contribution is 5.80. The lowest BCUT2D eigenvalue weighted by Gasteiger charge is -2.15. The lowest BCUT2D eigenvalue weighted by molar-refractivity contribution is 0.893. The van der Waals surface area contributed by atoms with E-state index >= 15 is 0 Å². The molecule has 3 aromatic carbocycles. The van der Waals surface area contributed by atoms with Crippen molar-refractivity contribution in [2.24, 2.45) is 0 Å². The topological polar surface area (TPSA) is 46.9 Å². The molecule has 0 bridgehead atoms. The Balaban J connectivity index is 1.98. The van der Waals surface area contributed by atoms with E-state index < -0.39 is 0 Å². The van der Waals surface area contributed by atoms with Crippen LogP contribution in [0.3, 0.4) is 0 Å². The third-order valence-corrected chi connectivity index (χ3v) is 3.82. The van der Waals surface area contributed by atoms with Gasteiger partial charge in [-0.1, -0.05) is 60.7 Å². The zero-order chi connectivity index (χ0) is 16.4. The molecule has 0 amide bonds. The van der Waals surface area contributed by atoms with Crippen LogP contribution in [0.4, 0.5) is 5.69 Å². The van der Waals surface area contributed by atoms with Gasteiger partial charge in [-0.05, 0) is 24.3 Å². The first-order valence-electron chi connectivity index (χ1n) is 7.72. The predicted octanol–water partition coefficient (Wildman–Crippen LogP) is 3.94.